The summed E-state index contributed by atoms with van der Waals surface area (Å²) in [6.45, 7) is 0. The van der Waals surface area contributed by atoms with Gasteiger partial charge in [0.2, 0.25) is 5.91 Å². The number of thiazole rings is 1. The first-order valence-electron chi connectivity index (χ1n) is 8.62. The normalized spacial score (nSPS) is 11.1. The Morgan fingerprint density at radius 2 is 1.86 bits per heavy atom. The first kappa shape index (κ1) is 20.8. The summed E-state index contributed by atoms with van der Waals surface area (Å²) in [6, 6.07) is 14.1. The number of amides is 1. The second-order valence-electron chi connectivity index (χ2n) is 6.17. The number of nitrogens with zero attached hydrogens (tertiary/aromatic N) is 1. The van der Waals surface area contributed by atoms with Crippen LogP contribution in [0, 0.1) is 0 Å². The van der Waals surface area contributed by atoms with Gasteiger partial charge in [0.15, 0.2) is 15.0 Å². The van der Waals surface area contributed by atoms with Crippen LogP contribution in [0.3, 0.4) is 0 Å². The zero-order valence-electron chi connectivity index (χ0n) is 15.9. The summed E-state index contributed by atoms with van der Waals surface area (Å²) < 4.78 is 35.1. The molecule has 1 heterocycles. The molecule has 0 atom stereocenters. The van der Waals surface area contributed by atoms with E-state index in [1.807, 2.05) is 6.07 Å². The van der Waals surface area contributed by atoms with Crippen LogP contribution < -0.4 is 14.8 Å². The molecule has 0 aliphatic heterocycles. The lowest BCUT2D eigenvalue weighted by atomic mass is 10.1. The number of nitrogens with one attached hydrogen (secondary N) is 1. The molecule has 0 aliphatic carbocycles. The molecular formula is C20H20N2O5S2. The quantitative estimate of drug-likeness (QED) is 0.586. The number of carbonyl (C=O) groups is 1. The molecule has 1 aromatic heterocycles. The van der Waals surface area contributed by atoms with Gasteiger partial charge < -0.3 is 14.8 Å². The van der Waals surface area contributed by atoms with Crippen LogP contribution in [0.4, 0.5) is 5.13 Å². The summed E-state index contributed by atoms with van der Waals surface area (Å²) in [7, 11) is -0.474. The fourth-order valence-corrected chi connectivity index (χ4v) is 4.70. The van der Waals surface area contributed by atoms with Gasteiger partial charge >= 0.3 is 0 Å². The Morgan fingerprint density at radius 1 is 1.10 bits per heavy atom. The maximum absolute atomic E-state index is 12.3. The van der Waals surface area contributed by atoms with E-state index in [-0.39, 0.29) is 5.75 Å². The molecule has 9 heteroatoms. The van der Waals surface area contributed by atoms with E-state index in [4.69, 9.17) is 9.47 Å². The van der Waals surface area contributed by atoms with Gasteiger partial charge in [-0.1, -0.05) is 30.3 Å². The highest BCUT2D eigenvalue weighted by atomic mass is 32.2. The van der Waals surface area contributed by atoms with Gasteiger partial charge in [0.05, 0.1) is 25.7 Å². The number of rotatable bonds is 8. The van der Waals surface area contributed by atoms with Crippen molar-refractivity contribution in [2.45, 2.75) is 5.75 Å². The highest BCUT2D eigenvalue weighted by molar-refractivity contribution is 7.91. The van der Waals surface area contributed by atoms with Crippen molar-refractivity contribution in [1.82, 2.24) is 4.98 Å². The zero-order chi connectivity index (χ0) is 20.9. The van der Waals surface area contributed by atoms with E-state index in [0.29, 0.717) is 27.9 Å². The molecule has 0 spiro atoms. The Morgan fingerprint density at radius 3 is 2.55 bits per heavy atom. The highest BCUT2D eigenvalue weighted by Gasteiger charge is 2.19. The Kier molecular flexibility index (Phi) is 6.50. The van der Waals surface area contributed by atoms with E-state index < -0.39 is 21.5 Å². The van der Waals surface area contributed by atoms with E-state index in [2.05, 4.69) is 10.3 Å². The first-order chi connectivity index (χ1) is 13.9. The number of hydrogen-bond donors (Lipinski definition) is 1. The lowest BCUT2D eigenvalue weighted by Crippen LogP contribution is -2.23. The number of methoxy groups -OCH3 is 2. The zero-order valence-corrected chi connectivity index (χ0v) is 17.5. The first-order valence-corrected chi connectivity index (χ1v) is 11.3. The maximum atomic E-state index is 12.3. The van der Waals surface area contributed by atoms with Crippen LogP contribution in [-0.4, -0.2) is 39.3 Å². The third kappa shape index (κ3) is 5.55. The SMILES string of the molecule is COc1ccc(-c2csc(NC(=O)CS(=O)(=O)Cc3ccccc3)n2)c(OC)c1. The minimum Gasteiger partial charge on any atom is -0.497 e. The molecule has 0 unspecified atom stereocenters. The molecule has 3 aromatic rings. The van der Waals surface area contributed by atoms with Crippen molar-refractivity contribution in [3.05, 3.63) is 59.5 Å². The number of benzene rings is 2. The third-order valence-electron chi connectivity index (χ3n) is 4.02. The molecule has 29 heavy (non-hydrogen) atoms. The number of ether oxygens (including phenoxy) is 2. The van der Waals surface area contributed by atoms with Gasteiger partial charge in [-0.05, 0) is 17.7 Å². The average molecular weight is 433 g/mol. The van der Waals surface area contributed by atoms with Crippen LogP contribution in [0.5, 0.6) is 11.5 Å². The van der Waals surface area contributed by atoms with Gasteiger partial charge in [-0.25, -0.2) is 13.4 Å². The molecule has 7 nitrogen and oxygen atoms in total. The van der Waals surface area contributed by atoms with Crippen molar-refractivity contribution in [2.75, 3.05) is 25.3 Å². The van der Waals surface area contributed by atoms with Gasteiger partial charge in [-0.15, -0.1) is 11.3 Å². The van der Waals surface area contributed by atoms with Gasteiger partial charge in [0, 0.05) is 17.0 Å². The van der Waals surface area contributed by atoms with Gasteiger partial charge in [0.1, 0.15) is 17.3 Å². The number of sulfone groups is 1. The summed E-state index contributed by atoms with van der Waals surface area (Å²) >= 11 is 1.21. The number of carbonyl (C=O) groups excluding carboxylic acids is 1. The standard InChI is InChI=1S/C20H20N2O5S2/c1-26-15-8-9-16(18(10-15)27-2)17-11-28-20(21-17)22-19(23)13-29(24,25)12-14-6-4-3-5-7-14/h3-11H,12-13H2,1-2H3,(H,21,22,23). The van der Waals surface area contributed by atoms with Crippen LogP contribution in [0.1, 0.15) is 5.56 Å². The molecule has 152 valence electrons. The smallest absolute Gasteiger partial charge is 0.241 e. The summed E-state index contributed by atoms with van der Waals surface area (Å²) in [6.07, 6.45) is 0. The topological polar surface area (TPSA) is 94.6 Å². The predicted molar refractivity (Wildman–Crippen MR) is 113 cm³/mol. The number of aromatic nitrogens is 1. The van der Waals surface area contributed by atoms with Crippen molar-refractivity contribution in [3.63, 3.8) is 0 Å². The molecule has 0 fully saturated rings. The maximum Gasteiger partial charge on any atom is 0.241 e. The van der Waals surface area contributed by atoms with E-state index in [1.54, 1.807) is 62.1 Å². The summed E-state index contributed by atoms with van der Waals surface area (Å²) in [5, 5.41) is 4.64. The second kappa shape index (κ2) is 9.06. The Balaban J connectivity index is 1.68. The second-order valence-corrected chi connectivity index (χ2v) is 9.09. The number of hydrogen-bond acceptors (Lipinski definition) is 7. The van der Waals surface area contributed by atoms with E-state index in [9.17, 15) is 13.2 Å². The molecule has 0 aliphatic rings. The summed E-state index contributed by atoms with van der Waals surface area (Å²) in [4.78, 5) is 16.6. The molecule has 1 N–H and O–H groups in total. The summed E-state index contributed by atoms with van der Waals surface area (Å²) in [5.74, 6) is -0.185. The summed E-state index contributed by atoms with van der Waals surface area (Å²) in [5.41, 5.74) is 1.99. The van der Waals surface area contributed by atoms with Crippen LogP contribution in [0.15, 0.2) is 53.9 Å². The average Bonchev–Trinajstić information content (AvgIpc) is 3.15. The Bertz CT molecular complexity index is 1100. The van der Waals surface area contributed by atoms with Gasteiger partial charge in [-0.3, -0.25) is 4.79 Å². The lowest BCUT2D eigenvalue weighted by molar-refractivity contribution is -0.113. The van der Waals surface area contributed by atoms with Gasteiger partial charge in [0.25, 0.3) is 0 Å². The van der Waals surface area contributed by atoms with Crippen molar-refractivity contribution in [2.24, 2.45) is 0 Å². The predicted octanol–water partition coefficient (Wildman–Crippen LogP) is 3.38. The molecule has 1 amide bonds. The van der Waals surface area contributed by atoms with Crippen LogP contribution in [-0.2, 0) is 20.4 Å². The van der Waals surface area contributed by atoms with Crippen molar-refractivity contribution >= 4 is 32.2 Å². The van der Waals surface area contributed by atoms with E-state index in [0.717, 1.165) is 5.56 Å². The number of anilines is 1. The Hall–Kier alpha value is -2.91. The lowest BCUT2D eigenvalue weighted by Gasteiger charge is -2.08. The van der Waals surface area contributed by atoms with Crippen LogP contribution in [0.2, 0.25) is 0 Å². The monoisotopic (exact) mass is 432 g/mol. The van der Waals surface area contributed by atoms with Crippen molar-refractivity contribution in [3.8, 4) is 22.8 Å². The van der Waals surface area contributed by atoms with Crippen LogP contribution in [0.25, 0.3) is 11.3 Å². The third-order valence-corrected chi connectivity index (χ3v) is 6.25. The van der Waals surface area contributed by atoms with E-state index >= 15 is 0 Å². The fraction of sp³-hybridized carbons (Fsp3) is 0.200. The van der Waals surface area contributed by atoms with Crippen LogP contribution >= 0.6 is 11.3 Å². The minimum atomic E-state index is -3.59. The van der Waals surface area contributed by atoms with Gasteiger partial charge in [-0.2, -0.15) is 0 Å². The molecule has 2 aromatic carbocycles. The minimum absolute atomic E-state index is 0.187. The Labute approximate surface area is 173 Å². The molecular weight excluding hydrogens is 412 g/mol. The largest absolute Gasteiger partial charge is 0.497 e. The van der Waals surface area contributed by atoms with E-state index in [1.165, 1.54) is 11.3 Å². The van der Waals surface area contributed by atoms with Crippen molar-refractivity contribution < 1.29 is 22.7 Å². The molecule has 0 bridgehead atoms. The fourth-order valence-electron chi connectivity index (χ4n) is 2.70. The molecule has 0 saturated carbocycles. The molecule has 3 rings (SSSR count). The van der Waals surface area contributed by atoms with Crippen molar-refractivity contribution in [1.29, 1.82) is 0 Å². The molecule has 0 saturated heterocycles. The molecule has 0 radical (unpaired) electrons. The highest BCUT2D eigenvalue weighted by Crippen LogP contribution is 2.34.